The second-order valence-electron chi connectivity index (χ2n) is 4.60. The molecule has 122 valence electrons. The van der Waals surface area contributed by atoms with Gasteiger partial charge < -0.3 is 24.8 Å². The fourth-order valence-electron chi connectivity index (χ4n) is 1.91. The lowest BCUT2D eigenvalue weighted by Gasteiger charge is -2.26. The van der Waals surface area contributed by atoms with Gasteiger partial charge in [-0.1, -0.05) is 0 Å². The number of esters is 2. The van der Waals surface area contributed by atoms with Crippen molar-refractivity contribution in [2.75, 3.05) is 44.0 Å². The van der Waals surface area contributed by atoms with Crippen molar-refractivity contribution < 1.29 is 23.8 Å². The Balaban J connectivity index is 2.84. The highest BCUT2D eigenvalue weighted by Gasteiger charge is 2.13. The Morgan fingerprint density at radius 2 is 1.64 bits per heavy atom. The van der Waals surface area contributed by atoms with Crippen LogP contribution in [0.1, 0.15) is 13.8 Å². The number of rotatable bonds is 8. The predicted octanol–water partition coefficient (Wildman–Crippen LogP) is 1.21. The van der Waals surface area contributed by atoms with Crippen molar-refractivity contribution in [1.82, 2.24) is 0 Å². The summed E-state index contributed by atoms with van der Waals surface area (Å²) in [4.78, 5) is 23.7. The minimum Gasteiger partial charge on any atom is -0.495 e. The van der Waals surface area contributed by atoms with Gasteiger partial charge in [0, 0.05) is 19.5 Å². The predicted molar refractivity (Wildman–Crippen MR) is 82.9 cm³/mol. The summed E-state index contributed by atoms with van der Waals surface area (Å²) in [7, 11) is 1.56. The number of anilines is 2. The fraction of sp³-hybridized carbons (Fsp3) is 0.467. The number of nitrogen functional groups attached to an aromatic ring is 1. The third-order valence-electron chi connectivity index (χ3n) is 2.88. The van der Waals surface area contributed by atoms with Crippen LogP contribution in [0.25, 0.3) is 0 Å². The molecular weight excluding hydrogens is 288 g/mol. The third-order valence-corrected chi connectivity index (χ3v) is 2.88. The molecule has 0 bridgehead atoms. The summed E-state index contributed by atoms with van der Waals surface area (Å²) in [5, 5.41) is 0. The number of nitrogens with zero attached hydrogens (tertiary/aromatic N) is 1. The summed E-state index contributed by atoms with van der Waals surface area (Å²) < 4.78 is 15.3. The quantitative estimate of drug-likeness (QED) is 0.570. The van der Waals surface area contributed by atoms with Gasteiger partial charge in [-0.25, -0.2) is 0 Å². The molecule has 0 saturated carbocycles. The van der Waals surface area contributed by atoms with E-state index < -0.39 is 0 Å². The molecule has 0 saturated heterocycles. The Labute approximate surface area is 129 Å². The Morgan fingerprint density at radius 3 is 2.09 bits per heavy atom. The van der Waals surface area contributed by atoms with Gasteiger partial charge in [0.2, 0.25) is 0 Å². The SMILES string of the molecule is COc1ccc(N)cc1N(CCOC(C)=O)CCOC(C)=O. The Hall–Kier alpha value is -2.44. The van der Waals surface area contributed by atoms with Gasteiger partial charge in [0.15, 0.2) is 0 Å². The summed E-state index contributed by atoms with van der Waals surface area (Å²) in [6.45, 7) is 4.00. The maximum atomic E-state index is 10.9. The highest BCUT2D eigenvalue weighted by Crippen LogP contribution is 2.30. The lowest BCUT2D eigenvalue weighted by Crippen LogP contribution is -2.32. The normalized spacial score (nSPS) is 9.95. The largest absolute Gasteiger partial charge is 0.495 e. The first-order valence-electron chi connectivity index (χ1n) is 6.89. The molecule has 1 aromatic rings. The van der Waals surface area contributed by atoms with E-state index in [-0.39, 0.29) is 25.2 Å². The topological polar surface area (TPSA) is 91.1 Å². The van der Waals surface area contributed by atoms with Gasteiger partial charge in [-0.3, -0.25) is 9.59 Å². The molecule has 0 radical (unpaired) electrons. The first kappa shape index (κ1) is 17.6. The van der Waals surface area contributed by atoms with Crippen molar-refractivity contribution in [1.29, 1.82) is 0 Å². The molecule has 1 rings (SSSR count). The van der Waals surface area contributed by atoms with E-state index in [0.717, 1.165) is 5.69 Å². The molecule has 0 aliphatic carbocycles. The molecule has 0 amide bonds. The van der Waals surface area contributed by atoms with Crippen LogP contribution in [0.3, 0.4) is 0 Å². The van der Waals surface area contributed by atoms with Gasteiger partial charge >= 0.3 is 11.9 Å². The second-order valence-corrected chi connectivity index (χ2v) is 4.60. The lowest BCUT2D eigenvalue weighted by atomic mass is 10.2. The monoisotopic (exact) mass is 310 g/mol. The van der Waals surface area contributed by atoms with E-state index in [0.29, 0.717) is 24.5 Å². The fourth-order valence-corrected chi connectivity index (χ4v) is 1.91. The van der Waals surface area contributed by atoms with Gasteiger partial charge in [0.1, 0.15) is 19.0 Å². The van der Waals surface area contributed by atoms with Gasteiger partial charge in [0.05, 0.1) is 25.9 Å². The Bertz CT molecular complexity index is 499. The molecule has 2 N–H and O–H groups in total. The van der Waals surface area contributed by atoms with Crippen LogP contribution in [0.15, 0.2) is 18.2 Å². The molecule has 1 aromatic carbocycles. The highest BCUT2D eigenvalue weighted by molar-refractivity contribution is 5.67. The zero-order chi connectivity index (χ0) is 16.5. The summed E-state index contributed by atoms with van der Waals surface area (Å²) in [5.74, 6) is -0.0567. The molecule has 0 atom stereocenters. The minimum absolute atomic E-state index is 0.216. The van der Waals surface area contributed by atoms with Crippen molar-refractivity contribution in [3.63, 3.8) is 0 Å². The number of carbonyl (C=O) groups is 2. The molecule has 0 fully saturated rings. The summed E-state index contributed by atoms with van der Waals surface area (Å²) in [5.41, 5.74) is 7.16. The van der Waals surface area contributed by atoms with Crippen LogP contribution in [-0.2, 0) is 19.1 Å². The number of hydrogen-bond acceptors (Lipinski definition) is 7. The molecule has 0 spiro atoms. The second kappa shape index (κ2) is 8.76. The Morgan fingerprint density at radius 1 is 1.09 bits per heavy atom. The molecular formula is C15H22N2O5. The smallest absolute Gasteiger partial charge is 0.302 e. The van der Waals surface area contributed by atoms with Crippen molar-refractivity contribution in [3.05, 3.63) is 18.2 Å². The minimum atomic E-state index is -0.348. The maximum absolute atomic E-state index is 10.9. The number of benzene rings is 1. The average Bonchev–Trinajstić information content (AvgIpc) is 2.45. The van der Waals surface area contributed by atoms with Crippen LogP contribution in [0.5, 0.6) is 5.75 Å². The molecule has 22 heavy (non-hydrogen) atoms. The van der Waals surface area contributed by atoms with Gasteiger partial charge in [-0.2, -0.15) is 0 Å². The van der Waals surface area contributed by atoms with Crippen LogP contribution in [0, 0.1) is 0 Å². The van der Waals surface area contributed by atoms with E-state index in [2.05, 4.69) is 0 Å². The summed E-state index contributed by atoms with van der Waals surface area (Å²) >= 11 is 0. The number of nitrogens with two attached hydrogens (primary N) is 1. The van der Waals surface area contributed by atoms with E-state index in [1.54, 1.807) is 25.3 Å². The summed E-state index contributed by atoms with van der Waals surface area (Å²) in [6, 6.07) is 5.26. The lowest BCUT2D eigenvalue weighted by molar-refractivity contribution is -0.141. The van der Waals surface area contributed by atoms with Crippen molar-refractivity contribution in [2.24, 2.45) is 0 Å². The molecule has 0 aromatic heterocycles. The molecule has 0 aliphatic heterocycles. The van der Waals surface area contributed by atoms with E-state index in [1.165, 1.54) is 13.8 Å². The van der Waals surface area contributed by atoms with Crippen LogP contribution < -0.4 is 15.4 Å². The van der Waals surface area contributed by atoms with Crippen LogP contribution in [0.2, 0.25) is 0 Å². The highest BCUT2D eigenvalue weighted by atomic mass is 16.5. The molecule has 7 nitrogen and oxygen atoms in total. The van der Waals surface area contributed by atoms with Crippen LogP contribution in [-0.4, -0.2) is 45.4 Å². The van der Waals surface area contributed by atoms with Crippen molar-refractivity contribution >= 4 is 23.3 Å². The molecule has 0 aliphatic rings. The number of hydrogen-bond donors (Lipinski definition) is 1. The van der Waals surface area contributed by atoms with Crippen LogP contribution in [0.4, 0.5) is 11.4 Å². The van der Waals surface area contributed by atoms with Gasteiger partial charge in [0.25, 0.3) is 0 Å². The zero-order valence-electron chi connectivity index (χ0n) is 13.1. The third kappa shape index (κ3) is 5.90. The first-order chi connectivity index (χ1) is 10.4. The number of ether oxygens (including phenoxy) is 3. The van der Waals surface area contributed by atoms with E-state index in [9.17, 15) is 9.59 Å². The van der Waals surface area contributed by atoms with E-state index in [1.807, 2.05) is 4.90 Å². The number of methoxy groups -OCH3 is 1. The van der Waals surface area contributed by atoms with Crippen molar-refractivity contribution in [3.8, 4) is 5.75 Å². The molecule has 0 unspecified atom stereocenters. The maximum Gasteiger partial charge on any atom is 0.302 e. The van der Waals surface area contributed by atoms with Gasteiger partial charge in [-0.15, -0.1) is 0 Å². The molecule has 0 heterocycles. The van der Waals surface area contributed by atoms with Crippen LogP contribution >= 0.6 is 0 Å². The zero-order valence-corrected chi connectivity index (χ0v) is 13.1. The summed E-state index contributed by atoms with van der Waals surface area (Å²) in [6.07, 6.45) is 0. The Kier molecular flexibility index (Phi) is 7.01. The van der Waals surface area contributed by atoms with E-state index in [4.69, 9.17) is 19.9 Å². The number of carbonyl (C=O) groups excluding carboxylic acids is 2. The average molecular weight is 310 g/mol. The first-order valence-corrected chi connectivity index (χ1v) is 6.89. The molecule has 7 heteroatoms. The van der Waals surface area contributed by atoms with Crippen molar-refractivity contribution in [2.45, 2.75) is 13.8 Å². The standard InChI is InChI=1S/C15H22N2O5/c1-11(18)21-8-6-17(7-9-22-12(2)19)14-10-13(16)4-5-15(14)20-3/h4-5,10H,6-9,16H2,1-3H3. The van der Waals surface area contributed by atoms with Gasteiger partial charge in [-0.05, 0) is 18.2 Å². The van der Waals surface area contributed by atoms with E-state index >= 15 is 0 Å².